The molecule has 0 bridgehead atoms. The molecule has 0 radical (unpaired) electrons. The normalized spacial score (nSPS) is 13.9. The Morgan fingerprint density at radius 2 is 1.89 bits per heavy atom. The van der Waals surface area contributed by atoms with Crippen molar-refractivity contribution in [1.29, 1.82) is 0 Å². The zero-order chi connectivity index (χ0) is 32.9. The van der Waals surface area contributed by atoms with Crippen LogP contribution >= 0.6 is 0 Å². The molecule has 10 heteroatoms. The number of aromatic nitrogens is 6. The third kappa shape index (κ3) is 7.56. The zero-order valence-corrected chi connectivity index (χ0v) is 27.4. The molecule has 9 nitrogen and oxygen atoms in total. The Kier molecular flexibility index (Phi) is 9.70. The molecular weight excluding hydrogens is 589 g/mol. The van der Waals surface area contributed by atoms with E-state index in [9.17, 15) is 4.39 Å². The van der Waals surface area contributed by atoms with E-state index in [0.717, 1.165) is 75.4 Å². The summed E-state index contributed by atoms with van der Waals surface area (Å²) >= 11 is 0. The minimum atomic E-state index is -0.254. The van der Waals surface area contributed by atoms with Crippen molar-refractivity contribution in [3.05, 3.63) is 108 Å². The van der Waals surface area contributed by atoms with Crippen LogP contribution in [0.5, 0.6) is 0 Å². The van der Waals surface area contributed by atoms with E-state index in [2.05, 4.69) is 59.5 Å². The number of hydrogen-bond donors (Lipinski definition) is 3. The number of anilines is 1. The predicted molar refractivity (Wildman–Crippen MR) is 188 cm³/mol. The number of aryl methyl sites for hydroxylation is 2. The zero-order valence-electron chi connectivity index (χ0n) is 27.4. The molecule has 0 atom stereocenters. The first kappa shape index (κ1) is 32.0. The third-order valence-corrected chi connectivity index (χ3v) is 8.38. The molecule has 0 aliphatic carbocycles. The molecule has 47 heavy (non-hydrogen) atoms. The number of hydrogen-bond acceptors (Lipinski definition) is 7. The molecule has 0 amide bonds. The molecule has 0 unspecified atom stereocenters. The summed E-state index contributed by atoms with van der Waals surface area (Å²) in [5, 5.41) is 11.7. The van der Waals surface area contributed by atoms with Gasteiger partial charge in [0.2, 0.25) is 0 Å². The molecule has 5 heterocycles. The second kappa shape index (κ2) is 14.2. The van der Waals surface area contributed by atoms with Gasteiger partial charge in [-0.15, -0.1) is 0 Å². The lowest BCUT2D eigenvalue weighted by atomic mass is 9.97. The summed E-state index contributed by atoms with van der Waals surface area (Å²) in [6, 6.07) is 9.35. The van der Waals surface area contributed by atoms with Gasteiger partial charge in [0.25, 0.3) is 0 Å². The number of allylic oxidation sites excluding steroid dienone is 2. The molecule has 1 aliphatic rings. The molecule has 1 fully saturated rings. The molecule has 0 spiro atoms. The summed E-state index contributed by atoms with van der Waals surface area (Å²) in [6.45, 7) is 14.1. The molecule has 1 aromatic carbocycles. The van der Waals surface area contributed by atoms with E-state index < -0.39 is 0 Å². The van der Waals surface area contributed by atoms with Crippen molar-refractivity contribution >= 4 is 22.3 Å². The number of likely N-dealkylation sites (N-methyl/N-ethyl adjacent to an activating group) is 1. The van der Waals surface area contributed by atoms with Crippen LogP contribution in [0.2, 0.25) is 0 Å². The maximum atomic E-state index is 15.0. The number of likely N-dealkylation sites (tertiary alicyclic amines) is 1. The van der Waals surface area contributed by atoms with Crippen LogP contribution in [-0.4, -0.2) is 80.2 Å². The highest BCUT2D eigenvalue weighted by atomic mass is 19.1. The fraction of sp³-hybridized carbons (Fsp3) is 0.297. The minimum Gasteiger partial charge on any atom is -0.357 e. The van der Waals surface area contributed by atoms with Gasteiger partial charge in [-0.3, -0.25) is 10.1 Å². The number of pyridine rings is 2. The van der Waals surface area contributed by atoms with E-state index in [-0.39, 0.29) is 5.82 Å². The fourth-order valence-corrected chi connectivity index (χ4v) is 6.26. The number of nitrogens with zero attached hydrogens (tertiary/aromatic N) is 6. The molecule has 4 aromatic heterocycles. The summed E-state index contributed by atoms with van der Waals surface area (Å²) < 4.78 is 15.0. The topological polar surface area (TPSA) is 102 Å². The first-order valence-corrected chi connectivity index (χ1v) is 16.1. The second-order valence-corrected chi connectivity index (χ2v) is 12.5. The Balaban J connectivity index is 1.28. The van der Waals surface area contributed by atoms with Gasteiger partial charge >= 0.3 is 0 Å². The molecule has 3 N–H and O–H groups in total. The van der Waals surface area contributed by atoms with Crippen molar-refractivity contribution in [3.63, 3.8) is 0 Å². The van der Waals surface area contributed by atoms with Gasteiger partial charge < -0.3 is 20.1 Å². The number of imidazole rings is 1. The van der Waals surface area contributed by atoms with Crippen LogP contribution in [0.3, 0.4) is 0 Å². The highest BCUT2D eigenvalue weighted by Crippen LogP contribution is 2.32. The quantitative estimate of drug-likeness (QED) is 0.120. The first-order chi connectivity index (χ1) is 22.8. The van der Waals surface area contributed by atoms with Gasteiger partial charge in [-0.25, -0.2) is 14.4 Å². The highest BCUT2D eigenvalue weighted by molar-refractivity contribution is 5.92. The molecular formula is C37H42FN9. The highest BCUT2D eigenvalue weighted by Gasteiger charge is 2.19. The van der Waals surface area contributed by atoms with Crippen LogP contribution < -0.4 is 5.32 Å². The predicted octanol–water partition coefficient (Wildman–Crippen LogP) is 6.99. The molecule has 1 aliphatic heterocycles. The Morgan fingerprint density at radius 3 is 2.68 bits per heavy atom. The lowest BCUT2D eigenvalue weighted by Gasteiger charge is -2.14. The summed E-state index contributed by atoms with van der Waals surface area (Å²) in [5.74, 6) is 0.362. The van der Waals surface area contributed by atoms with Gasteiger partial charge in [0.15, 0.2) is 11.5 Å². The smallest absolute Gasteiger partial charge is 0.181 e. The first-order valence-electron chi connectivity index (χ1n) is 16.1. The van der Waals surface area contributed by atoms with Crippen molar-refractivity contribution in [2.24, 2.45) is 0 Å². The van der Waals surface area contributed by atoms with Crippen LogP contribution in [0, 0.1) is 12.7 Å². The third-order valence-electron chi connectivity index (χ3n) is 8.38. The number of rotatable bonds is 13. The molecule has 6 rings (SSSR count). The van der Waals surface area contributed by atoms with E-state index in [0.29, 0.717) is 23.7 Å². The van der Waals surface area contributed by atoms with Crippen molar-refractivity contribution in [1.82, 2.24) is 39.9 Å². The molecule has 0 saturated carbocycles. The van der Waals surface area contributed by atoms with Crippen LogP contribution in [0.4, 0.5) is 10.1 Å². The number of aromatic amines is 2. The van der Waals surface area contributed by atoms with Gasteiger partial charge in [0.05, 0.1) is 23.0 Å². The van der Waals surface area contributed by atoms with E-state index >= 15 is 0 Å². The lowest BCUT2D eigenvalue weighted by Crippen LogP contribution is -2.20. The summed E-state index contributed by atoms with van der Waals surface area (Å²) in [7, 11) is 4.00. The SMILES string of the molecule is C=C/C=C(/c1cc(F)cc(CCCN2CCCC2)c1)c1nc(-c2[nH]nc3ncc(-c4cncc(NC(=C)CN(C)C)c4)cc23)[nH]c1C. The molecule has 5 aromatic rings. The second-order valence-electron chi connectivity index (χ2n) is 12.5. The Labute approximate surface area is 275 Å². The van der Waals surface area contributed by atoms with E-state index in [4.69, 9.17) is 4.98 Å². The van der Waals surface area contributed by atoms with Gasteiger partial charge in [-0.2, -0.15) is 5.10 Å². The van der Waals surface area contributed by atoms with Crippen LogP contribution in [0.25, 0.3) is 39.3 Å². The van der Waals surface area contributed by atoms with E-state index in [1.54, 1.807) is 30.6 Å². The van der Waals surface area contributed by atoms with Crippen LogP contribution in [0.15, 0.2) is 79.9 Å². The van der Waals surface area contributed by atoms with Gasteiger partial charge in [-0.05, 0) is 102 Å². The Morgan fingerprint density at radius 1 is 1.09 bits per heavy atom. The van der Waals surface area contributed by atoms with Crippen LogP contribution in [0.1, 0.15) is 41.8 Å². The van der Waals surface area contributed by atoms with Crippen molar-refractivity contribution in [2.45, 2.75) is 32.6 Å². The standard InChI is InChI=1S/C37H42FN9/c1-6-10-32(27-15-26(16-30(38)17-27)11-9-14-47-12-7-8-13-47)34-25(3)42-37(43-34)35-33-19-29(21-40-36(33)45-44-35)28-18-31(22-39-20-28)41-24(2)23-46(4)5/h6,10,15-22,41H,1-2,7-9,11-14,23H2,3-5H3,(H,42,43)(H,40,44,45)/b32-10-. The number of benzene rings is 1. The number of fused-ring (bicyclic) bond motifs is 1. The lowest BCUT2D eigenvalue weighted by molar-refractivity contribution is 0.334. The van der Waals surface area contributed by atoms with Crippen LogP contribution in [-0.2, 0) is 6.42 Å². The number of H-pyrrole nitrogens is 2. The van der Waals surface area contributed by atoms with Crippen molar-refractivity contribution < 1.29 is 4.39 Å². The maximum Gasteiger partial charge on any atom is 0.181 e. The summed E-state index contributed by atoms with van der Waals surface area (Å²) in [5.41, 5.74) is 8.94. The van der Waals surface area contributed by atoms with Gasteiger partial charge in [-0.1, -0.05) is 31.4 Å². The Bertz CT molecular complexity index is 1930. The average molecular weight is 632 g/mol. The van der Waals surface area contributed by atoms with Crippen molar-refractivity contribution in [3.8, 4) is 22.6 Å². The van der Waals surface area contributed by atoms with Crippen molar-refractivity contribution in [2.75, 3.05) is 45.6 Å². The average Bonchev–Trinajstić information content (AvgIpc) is 3.79. The molecule has 242 valence electrons. The fourth-order valence-electron chi connectivity index (χ4n) is 6.26. The van der Waals surface area contributed by atoms with E-state index in [1.165, 1.54) is 25.9 Å². The monoisotopic (exact) mass is 631 g/mol. The summed E-state index contributed by atoms with van der Waals surface area (Å²) in [4.78, 5) is 22.0. The Hall–Kier alpha value is -4.93. The van der Waals surface area contributed by atoms with Gasteiger partial charge in [0, 0.05) is 47.0 Å². The van der Waals surface area contributed by atoms with E-state index in [1.807, 2.05) is 45.4 Å². The molecule has 1 saturated heterocycles. The number of halogens is 1. The maximum absolute atomic E-state index is 15.0. The minimum absolute atomic E-state index is 0.254. The summed E-state index contributed by atoms with van der Waals surface area (Å²) in [6.07, 6.45) is 13.3. The number of nitrogens with one attached hydrogen (secondary N) is 3. The van der Waals surface area contributed by atoms with Gasteiger partial charge in [0.1, 0.15) is 11.5 Å². The largest absolute Gasteiger partial charge is 0.357 e.